The predicted molar refractivity (Wildman–Crippen MR) is 102 cm³/mol. The topological polar surface area (TPSA) is 46.2 Å². The first kappa shape index (κ1) is 16.9. The van der Waals surface area contributed by atoms with Crippen LogP contribution in [0.25, 0.3) is 10.8 Å². The number of fused-ring (bicyclic) bond motifs is 1. The van der Waals surface area contributed by atoms with Crippen molar-refractivity contribution in [2.75, 3.05) is 5.32 Å². The highest BCUT2D eigenvalue weighted by atomic mass is 16.2. The van der Waals surface area contributed by atoms with E-state index in [0.29, 0.717) is 5.56 Å². The molecule has 0 spiro atoms. The number of nitrogens with one attached hydrogen (secondary N) is 1. The van der Waals surface area contributed by atoms with Crippen molar-refractivity contribution < 1.29 is 9.59 Å². The summed E-state index contributed by atoms with van der Waals surface area (Å²) < 4.78 is 0. The van der Waals surface area contributed by atoms with Gasteiger partial charge in [-0.25, -0.2) is 0 Å². The van der Waals surface area contributed by atoms with E-state index in [-0.39, 0.29) is 24.5 Å². The summed E-state index contributed by atoms with van der Waals surface area (Å²) in [7, 11) is 0. The van der Waals surface area contributed by atoms with Crippen molar-refractivity contribution in [3.05, 3.63) is 77.4 Å². The molecular formula is C22H21NO2. The molecule has 0 aliphatic carbocycles. The van der Waals surface area contributed by atoms with E-state index in [2.05, 4.69) is 5.32 Å². The average molecular weight is 331 g/mol. The molecule has 0 saturated carbocycles. The molecule has 0 atom stereocenters. The van der Waals surface area contributed by atoms with Crippen LogP contribution in [0.5, 0.6) is 0 Å². The molecule has 3 heteroatoms. The van der Waals surface area contributed by atoms with E-state index in [1.54, 1.807) is 0 Å². The first-order valence-corrected chi connectivity index (χ1v) is 8.42. The van der Waals surface area contributed by atoms with Crippen LogP contribution in [0, 0.1) is 13.8 Å². The van der Waals surface area contributed by atoms with Gasteiger partial charge in [0.1, 0.15) is 0 Å². The minimum absolute atomic E-state index is 0.00913. The Bertz CT molecular complexity index is 944. The molecule has 3 aromatic carbocycles. The number of rotatable bonds is 5. The summed E-state index contributed by atoms with van der Waals surface area (Å²) in [6.45, 7) is 3.88. The lowest BCUT2D eigenvalue weighted by Crippen LogP contribution is -2.14. The van der Waals surface area contributed by atoms with Gasteiger partial charge in [0.2, 0.25) is 5.91 Å². The minimum Gasteiger partial charge on any atom is -0.326 e. The van der Waals surface area contributed by atoms with Crippen LogP contribution in [0.3, 0.4) is 0 Å². The SMILES string of the molecule is Cc1ccc(C)c(C(=O)CCC(=O)Nc2ccc3ccccc3c2)c1. The Morgan fingerprint density at radius 3 is 2.40 bits per heavy atom. The van der Waals surface area contributed by atoms with E-state index in [1.165, 1.54) is 0 Å². The van der Waals surface area contributed by atoms with Crippen LogP contribution in [0.4, 0.5) is 5.69 Å². The summed E-state index contributed by atoms with van der Waals surface area (Å²) in [6.07, 6.45) is 0.392. The van der Waals surface area contributed by atoms with Crippen molar-refractivity contribution in [3.8, 4) is 0 Å². The number of carbonyl (C=O) groups excluding carboxylic acids is 2. The highest BCUT2D eigenvalue weighted by molar-refractivity contribution is 6.01. The molecule has 0 bridgehead atoms. The number of anilines is 1. The van der Waals surface area contributed by atoms with Crippen molar-refractivity contribution in [2.45, 2.75) is 26.7 Å². The Kier molecular flexibility index (Phi) is 4.94. The van der Waals surface area contributed by atoms with Gasteiger partial charge in [0.25, 0.3) is 0 Å². The molecular weight excluding hydrogens is 310 g/mol. The van der Waals surface area contributed by atoms with Crippen molar-refractivity contribution in [2.24, 2.45) is 0 Å². The van der Waals surface area contributed by atoms with E-state index in [4.69, 9.17) is 0 Å². The molecule has 25 heavy (non-hydrogen) atoms. The normalized spacial score (nSPS) is 10.6. The van der Waals surface area contributed by atoms with Crippen LogP contribution < -0.4 is 5.32 Å². The monoisotopic (exact) mass is 331 g/mol. The van der Waals surface area contributed by atoms with Crippen LogP contribution in [0.1, 0.15) is 34.3 Å². The smallest absolute Gasteiger partial charge is 0.224 e. The molecule has 0 radical (unpaired) electrons. The van der Waals surface area contributed by atoms with E-state index in [9.17, 15) is 9.59 Å². The molecule has 3 aromatic rings. The van der Waals surface area contributed by atoms with Crippen molar-refractivity contribution in [1.29, 1.82) is 0 Å². The van der Waals surface area contributed by atoms with Crippen LogP contribution in [-0.2, 0) is 4.79 Å². The van der Waals surface area contributed by atoms with Gasteiger partial charge in [-0.05, 0) is 48.4 Å². The van der Waals surface area contributed by atoms with E-state index in [1.807, 2.05) is 74.5 Å². The fourth-order valence-corrected chi connectivity index (χ4v) is 2.89. The van der Waals surface area contributed by atoms with Gasteiger partial charge in [-0.15, -0.1) is 0 Å². The molecule has 126 valence electrons. The Balaban J connectivity index is 1.62. The molecule has 0 heterocycles. The predicted octanol–water partition coefficient (Wildman–Crippen LogP) is 5.06. The summed E-state index contributed by atoms with van der Waals surface area (Å²) in [4.78, 5) is 24.5. The van der Waals surface area contributed by atoms with E-state index >= 15 is 0 Å². The van der Waals surface area contributed by atoms with E-state index in [0.717, 1.165) is 27.6 Å². The fraction of sp³-hybridized carbons (Fsp3) is 0.182. The second-order valence-corrected chi connectivity index (χ2v) is 6.35. The second kappa shape index (κ2) is 7.31. The maximum Gasteiger partial charge on any atom is 0.224 e. The van der Waals surface area contributed by atoms with Crippen molar-refractivity contribution in [3.63, 3.8) is 0 Å². The number of amides is 1. The molecule has 3 nitrogen and oxygen atoms in total. The Labute approximate surface area is 147 Å². The van der Waals surface area contributed by atoms with Crippen molar-refractivity contribution in [1.82, 2.24) is 0 Å². The van der Waals surface area contributed by atoms with Gasteiger partial charge in [-0.1, -0.05) is 48.0 Å². The van der Waals surface area contributed by atoms with Gasteiger partial charge in [0.15, 0.2) is 5.78 Å². The number of hydrogen-bond donors (Lipinski definition) is 1. The largest absolute Gasteiger partial charge is 0.326 e. The van der Waals surface area contributed by atoms with Gasteiger partial charge in [-0.2, -0.15) is 0 Å². The molecule has 0 fully saturated rings. The summed E-state index contributed by atoms with van der Waals surface area (Å²) in [5.74, 6) is -0.135. The zero-order valence-electron chi connectivity index (χ0n) is 14.5. The van der Waals surface area contributed by atoms with Gasteiger partial charge in [0.05, 0.1) is 0 Å². The Hall–Kier alpha value is -2.94. The van der Waals surface area contributed by atoms with Gasteiger partial charge in [-0.3, -0.25) is 9.59 Å². The number of carbonyl (C=O) groups is 2. The van der Waals surface area contributed by atoms with Crippen LogP contribution in [-0.4, -0.2) is 11.7 Å². The number of benzene rings is 3. The van der Waals surface area contributed by atoms with Gasteiger partial charge in [0, 0.05) is 24.1 Å². The zero-order valence-corrected chi connectivity index (χ0v) is 14.5. The lowest BCUT2D eigenvalue weighted by atomic mass is 9.99. The quantitative estimate of drug-likeness (QED) is 0.664. The number of aryl methyl sites for hydroxylation is 2. The lowest BCUT2D eigenvalue weighted by molar-refractivity contribution is -0.116. The fourth-order valence-electron chi connectivity index (χ4n) is 2.89. The molecule has 0 unspecified atom stereocenters. The lowest BCUT2D eigenvalue weighted by Gasteiger charge is -2.08. The third kappa shape index (κ3) is 4.13. The maximum atomic E-state index is 12.4. The molecule has 0 aliphatic rings. The molecule has 1 N–H and O–H groups in total. The molecule has 1 amide bonds. The second-order valence-electron chi connectivity index (χ2n) is 6.35. The summed E-state index contributed by atoms with van der Waals surface area (Å²) in [5.41, 5.74) is 3.46. The van der Waals surface area contributed by atoms with Gasteiger partial charge < -0.3 is 5.32 Å². The Morgan fingerprint density at radius 2 is 1.60 bits per heavy atom. The Morgan fingerprint density at radius 1 is 0.840 bits per heavy atom. The third-order valence-electron chi connectivity index (χ3n) is 4.31. The summed E-state index contributed by atoms with van der Waals surface area (Å²) >= 11 is 0. The molecule has 0 saturated heterocycles. The molecule has 3 rings (SSSR count). The summed E-state index contributed by atoms with van der Waals surface area (Å²) in [5, 5.41) is 5.08. The van der Waals surface area contributed by atoms with Crippen LogP contribution in [0.2, 0.25) is 0 Å². The number of Topliss-reactive ketones (excluding diaryl/α,β-unsaturated/α-hetero) is 1. The minimum atomic E-state index is -0.145. The van der Waals surface area contributed by atoms with E-state index < -0.39 is 0 Å². The maximum absolute atomic E-state index is 12.4. The van der Waals surface area contributed by atoms with Crippen LogP contribution >= 0.6 is 0 Å². The number of ketones is 1. The van der Waals surface area contributed by atoms with Gasteiger partial charge >= 0.3 is 0 Å². The first-order chi connectivity index (χ1) is 12.0. The highest BCUT2D eigenvalue weighted by Crippen LogP contribution is 2.19. The highest BCUT2D eigenvalue weighted by Gasteiger charge is 2.12. The average Bonchev–Trinajstić information content (AvgIpc) is 2.61. The standard InChI is InChI=1S/C22H21NO2/c1-15-7-8-16(2)20(13-15)21(24)11-12-22(25)23-19-10-9-17-5-3-4-6-18(17)14-19/h3-10,13-14H,11-12H2,1-2H3,(H,23,25). The third-order valence-corrected chi connectivity index (χ3v) is 4.31. The number of hydrogen-bond acceptors (Lipinski definition) is 2. The zero-order chi connectivity index (χ0) is 17.8. The van der Waals surface area contributed by atoms with Crippen LogP contribution in [0.15, 0.2) is 60.7 Å². The van der Waals surface area contributed by atoms with Crippen molar-refractivity contribution >= 4 is 28.2 Å². The first-order valence-electron chi connectivity index (χ1n) is 8.42. The summed E-state index contributed by atoms with van der Waals surface area (Å²) in [6, 6.07) is 19.6. The molecule has 0 aromatic heterocycles. The molecule has 0 aliphatic heterocycles.